The van der Waals surface area contributed by atoms with Crippen LogP contribution in [0.25, 0.3) is 10.6 Å². The van der Waals surface area contributed by atoms with Crippen molar-refractivity contribution < 1.29 is 13.2 Å². The first kappa shape index (κ1) is 16.8. The van der Waals surface area contributed by atoms with Gasteiger partial charge < -0.3 is 4.90 Å². The summed E-state index contributed by atoms with van der Waals surface area (Å²) < 4.78 is 25.5. The molecule has 134 valence electrons. The number of rotatable bonds is 3. The molecule has 2 aliphatic rings. The molecule has 0 N–H and O–H groups in total. The molecule has 0 radical (unpaired) electrons. The van der Waals surface area contributed by atoms with E-state index in [-0.39, 0.29) is 23.5 Å². The number of amides is 1. The first-order valence-corrected chi connectivity index (χ1v) is 11.4. The van der Waals surface area contributed by atoms with Crippen molar-refractivity contribution >= 4 is 27.1 Å². The van der Waals surface area contributed by atoms with Crippen LogP contribution < -0.4 is 0 Å². The maximum Gasteiger partial charge on any atom is 0.274 e. The zero-order valence-electron chi connectivity index (χ0n) is 13.9. The summed E-state index contributed by atoms with van der Waals surface area (Å²) in [5, 5.41) is 6.53. The molecule has 0 bridgehead atoms. The molecule has 4 rings (SSSR count). The van der Waals surface area contributed by atoms with Crippen molar-refractivity contribution in [3.8, 4) is 10.6 Å². The van der Waals surface area contributed by atoms with Crippen LogP contribution >= 0.6 is 11.3 Å². The zero-order chi connectivity index (χ0) is 17.4. The average molecular weight is 380 g/mol. The van der Waals surface area contributed by atoms with E-state index in [1.54, 1.807) is 16.0 Å². The Morgan fingerprint density at radius 1 is 1.24 bits per heavy atom. The minimum absolute atomic E-state index is 0.0443. The van der Waals surface area contributed by atoms with Crippen LogP contribution in [0.2, 0.25) is 0 Å². The smallest absolute Gasteiger partial charge is 0.274 e. The molecule has 2 fully saturated rings. The van der Waals surface area contributed by atoms with Crippen molar-refractivity contribution in [1.29, 1.82) is 0 Å². The molecule has 25 heavy (non-hydrogen) atoms. The minimum atomic E-state index is -3.01. The maximum atomic E-state index is 12.8. The Hall–Kier alpha value is -1.67. The van der Waals surface area contributed by atoms with E-state index in [0.29, 0.717) is 12.1 Å². The van der Waals surface area contributed by atoms with E-state index in [2.05, 4.69) is 5.10 Å². The average Bonchev–Trinajstić information content (AvgIpc) is 3.33. The number of carbonyl (C=O) groups is 1. The van der Waals surface area contributed by atoms with E-state index in [1.165, 1.54) is 6.42 Å². The summed E-state index contributed by atoms with van der Waals surface area (Å²) in [5.41, 5.74) is 1.27. The molecule has 0 spiro atoms. The molecule has 1 amide bonds. The Bertz CT molecular complexity index is 865. The van der Waals surface area contributed by atoms with E-state index < -0.39 is 9.84 Å². The molecular formula is C17H21N3O3S2. The fourth-order valence-corrected chi connectivity index (χ4v) is 6.04. The van der Waals surface area contributed by atoms with Gasteiger partial charge in [-0.25, -0.2) is 8.42 Å². The fraction of sp³-hybridized carbons (Fsp3) is 0.529. The van der Waals surface area contributed by atoms with Crippen molar-refractivity contribution in [2.45, 2.75) is 31.7 Å². The van der Waals surface area contributed by atoms with Crippen LogP contribution in [-0.2, 0) is 9.84 Å². The molecule has 1 atom stereocenters. The molecule has 2 saturated heterocycles. The Labute approximate surface area is 151 Å². The van der Waals surface area contributed by atoms with Crippen molar-refractivity contribution in [3.05, 3.63) is 29.3 Å². The zero-order valence-corrected chi connectivity index (χ0v) is 15.6. The lowest BCUT2D eigenvalue weighted by Gasteiger charge is -2.25. The van der Waals surface area contributed by atoms with E-state index in [9.17, 15) is 13.2 Å². The number of hydrogen-bond acceptors (Lipinski definition) is 5. The van der Waals surface area contributed by atoms with Gasteiger partial charge in [-0.2, -0.15) is 5.10 Å². The number of piperidine rings is 1. The highest BCUT2D eigenvalue weighted by atomic mass is 32.2. The van der Waals surface area contributed by atoms with Gasteiger partial charge in [0.25, 0.3) is 5.91 Å². The molecule has 2 aromatic rings. The van der Waals surface area contributed by atoms with Gasteiger partial charge in [0.15, 0.2) is 15.5 Å². The molecule has 1 unspecified atom stereocenters. The van der Waals surface area contributed by atoms with Gasteiger partial charge in [0, 0.05) is 13.1 Å². The highest BCUT2D eigenvalue weighted by molar-refractivity contribution is 7.91. The molecule has 6 nitrogen and oxygen atoms in total. The Morgan fingerprint density at radius 2 is 2.04 bits per heavy atom. The number of sulfone groups is 1. The SMILES string of the molecule is O=C(c1cc(-c2cccs2)n(C2CCS(=O)(=O)C2)n1)N1CCCCC1. The lowest BCUT2D eigenvalue weighted by atomic mass is 10.1. The van der Waals surface area contributed by atoms with Crippen molar-refractivity contribution in [2.75, 3.05) is 24.6 Å². The maximum absolute atomic E-state index is 12.8. The number of thiophene rings is 1. The first-order chi connectivity index (χ1) is 12.0. The normalized spacial score (nSPS) is 23.0. The van der Waals surface area contributed by atoms with Gasteiger partial charge >= 0.3 is 0 Å². The summed E-state index contributed by atoms with van der Waals surface area (Å²) in [6.07, 6.45) is 3.79. The van der Waals surface area contributed by atoms with E-state index >= 15 is 0 Å². The van der Waals surface area contributed by atoms with Gasteiger partial charge in [-0.05, 0) is 43.2 Å². The number of hydrogen-bond donors (Lipinski definition) is 0. The highest BCUT2D eigenvalue weighted by Gasteiger charge is 2.33. The van der Waals surface area contributed by atoms with Gasteiger partial charge in [0.05, 0.1) is 28.1 Å². The first-order valence-electron chi connectivity index (χ1n) is 8.67. The van der Waals surface area contributed by atoms with Gasteiger partial charge in [0.2, 0.25) is 0 Å². The highest BCUT2D eigenvalue weighted by Crippen LogP contribution is 2.32. The topological polar surface area (TPSA) is 72.3 Å². The predicted octanol–water partition coefficient (Wildman–Crippen LogP) is 2.60. The van der Waals surface area contributed by atoms with Crippen LogP contribution in [0, 0.1) is 0 Å². The third-order valence-corrected chi connectivity index (χ3v) is 7.57. The van der Waals surface area contributed by atoms with Gasteiger partial charge in [0.1, 0.15) is 0 Å². The summed E-state index contributed by atoms with van der Waals surface area (Å²) in [7, 11) is -3.01. The van der Waals surface area contributed by atoms with E-state index in [0.717, 1.165) is 36.5 Å². The lowest BCUT2D eigenvalue weighted by Crippen LogP contribution is -2.35. The van der Waals surface area contributed by atoms with Crippen molar-refractivity contribution in [1.82, 2.24) is 14.7 Å². The van der Waals surface area contributed by atoms with Gasteiger partial charge in [-0.1, -0.05) is 6.07 Å². The minimum Gasteiger partial charge on any atom is -0.337 e. The Kier molecular flexibility index (Phi) is 4.41. The van der Waals surface area contributed by atoms with Crippen LogP contribution in [-0.4, -0.2) is 53.6 Å². The lowest BCUT2D eigenvalue weighted by molar-refractivity contribution is 0.0717. The molecule has 0 aliphatic carbocycles. The molecular weight excluding hydrogens is 358 g/mol. The van der Waals surface area contributed by atoms with Crippen LogP contribution in [0.5, 0.6) is 0 Å². The van der Waals surface area contributed by atoms with Crippen LogP contribution in [0.1, 0.15) is 42.2 Å². The second kappa shape index (κ2) is 6.57. The van der Waals surface area contributed by atoms with Crippen molar-refractivity contribution in [2.24, 2.45) is 0 Å². The number of likely N-dealkylation sites (tertiary alicyclic amines) is 1. The predicted molar refractivity (Wildman–Crippen MR) is 97.6 cm³/mol. The summed E-state index contributed by atoms with van der Waals surface area (Å²) in [4.78, 5) is 15.7. The number of nitrogens with zero attached hydrogens (tertiary/aromatic N) is 3. The molecule has 2 aliphatic heterocycles. The second-order valence-electron chi connectivity index (χ2n) is 6.75. The quantitative estimate of drug-likeness (QED) is 0.822. The number of carbonyl (C=O) groups excluding carboxylic acids is 1. The van der Waals surface area contributed by atoms with Crippen LogP contribution in [0.3, 0.4) is 0 Å². The van der Waals surface area contributed by atoms with Crippen molar-refractivity contribution in [3.63, 3.8) is 0 Å². The third-order valence-electron chi connectivity index (χ3n) is 4.93. The largest absolute Gasteiger partial charge is 0.337 e. The summed E-state index contributed by atoms with van der Waals surface area (Å²) in [5.74, 6) is 0.249. The summed E-state index contributed by atoms with van der Waals surface area (Å²) in [6, 6.07) is 5.57. The number of aromatic nitrogens is 2. The molecule has 0 saturated carbocycles. The summed E-state index contributed by atoms with van der Waals surface area (Å²) >= 11 is 1.57. The molecule has 4 heterocycles. The van der Waals surface area contributed by atoms with E-state index in [4.69, 9.17) is 0 Å². The Balaban J connectivity index is 1.70. The summed E-state index contributed by atoms with van der Waals surface area (Å²) in [6.45, 7) is 1.55. The third kappa shape index (κ3) is 3.37. The molecule has 2 aromatic heterocycles. The van der Waals surface area contributed by atoms with Gasteiger partial charge in [-0.15, -0.1) is 11.3 Å². The molecule has 0 aromatic carbocycles. The van der Waals surface area contributed by atoms with E-state index in [1.807, 2.05) is 28.5 Å². The van der Waals surface area contributed by atoms with Crippen LogP contribution in [0.15, 0.2) is 23.6 Å². The fourth-order valence-electron chi connectivity index (χ4n) is 3.61. The second-order valence-corrected chi connectivity index (χ2v) is 9.92. The van der Waals surface area contributed by atoms with Crippen LogP contribution in [0.4, 0.5) is 0 Å². The monoisotopic (exact) mass is 379 g/mol. The Morgan fingerprint density at radius 3 is 2.68 bits per heavy atom. The molecule has 8 heteroatoms. The van der Waals surface area contributed by atoms with Gasteiger partial charge in [-0.3, -0.25) is 9.48 Å². The standard InChI is InChI=1S/C17H21N3O3S2/c21-17(19-7-2-1-3-8-19)14-11-15(16-5-4-9-24-16)20(18-14)13-6-10-25(22,23)12-13/h4-5,9,11,13H,1-3,6-8,10,12H2.